The van der Waals surface area contributed by atoms with Gasteiger partial charge in [0.25, 0.3) is 0 Å². The van der Waals surface area contributed by atoms with Crippen LogP contribution in [-0.4, -0.2) is 4.57 Å². The molecule has 3 heterocycles. The minimum Gasteiger partial charge on any atom is -0.456 e. The van der Waals surface area contributed by atoms with E-state index in [4.69, 9.17) is 4.42 Å². The molecule has 0 atom stereocenters. The molecule has 0 unspecified atom stereocenters. The van der Waals surface area contributed by atoms with Crippen LogP contribution in [0.15, 0.2) is 199 Å². The highest BCUT2D eigenvalue weighted by molar-refractivity contribution is 7.26. The van der Waals surface area contributed by atoms with Crippen LogP contribution in [0.1, 0.15) is 0 Å². The molecule has 0 saturated carbocycles. The Morgan fingerprint density at radius 3 is 1.95 bits per heavy atom. The Morgan fingerprint density at radius 1 is 0.429 bits per heavy atom. The maximum Gasteiger partial charge on any atom is 0.137 e. The van der Waals surface area contributed by atoms with E-state index in [1.165, 1.54) is 52.8 Å². The standard InChI is InChI=1S/C52H32N2OS/c1-3-15-34(16-4-1)53(35-17-5-2-6-18-35)46-32-47-43(31-44(46)41-23-13-22-40-39-21-10-12-25-50(39)56-52(40)41)38-20-9-11-24-45(38)54(47)36-27-28-42-49(30-36)55-48-29-26-33-14-7-8-19-37(33)51(42)48/h1-32H. The fourth-order valence-corrected chi connectivity index (χ4v) is 10.1. The van der Waals surface area contributed by atoms with E-state index >= 15 is 0 Å². The number of nitrogens with zero attached hydrogens (tertiary/aromatic N) is 2. The van der Waals surface area contributed by atoms with E-state index in [0.29, 0.717) is 0 Å². The Hall–Kier alpha value is -7.14. The summed E-state index contributed by atoms with van der Waals surface area (Å²) < 4.78 is 11.6. The molecule has 9 aromatic carbocycles. The maximum atomic E-state index is 6.62. The van der Waals surface area contributed by atoms with Gasteiger partial charge in [0.2, 0.25) is 0 Å². The normalized spacial score (nSPS) is 11.9. The summed E-state index contributed by atoms with van der Waals surface area (Å²) in [5.41, 5.74) is 10.8. The topological polar surface area (TPSA) is 21.3 Å². The number of benzene rings is 9. The minimum absolute atomic E-state index is 0.878. The number of aromatic nitrogens is 1. The van der Waals surface area contributed by atoms with Gasteiger partial charge >= 0.3 is 0 Å². The second kappa shape index (κ2) is 12.2. The SMILES string of the molecule is c1ccc(N(c2ccccc2)c2cc3c(cc2-c2cccc4c2sc2ccccc24)c2ccccc2n3-c2ccc3c(c2)oc2ccc4ccccc4c23)cc1. The number of rotatable bonds is 5. The molecule has 0 amide bonds. The smallest absolute Gasteiger partial charge is 0.137 e. The number of para-hydroxylation sites is 3. The van der Waals surface area contributed by atoms with Crippen LogP contribution in [0.5, 0.6) is 0 Å². The molecule has 0 N–H and O–H groups in total. The van der Waals surface area contributed by atoms with Gasteiger partial charge in [-0.05, 0) is 77.5 Å². The minimum atomic E-state index is 0.878. The van der Waals surface area contributed by atoms with Crippen LogP contribution in [0.2, 0.25) is 0 Å². The Morgan fingerprint density at radius 2 is 1.12 bits per heavy atom. The summed E-state index contributed by atoms with van der Waals surface area (Å²) >= 11 is 1.88. The molecule has 0 aliphatic carbocycles. The molecule has 0 aliphatic rings. The highest BCUT2D eigenvalue weighted by Crippen LogP contribution is 2.49. The Bertz CT molecular complexity index is 3440. The van der Waals surface area contributed by atoms with Crippen molar-refractivity contribution in [2.45, 2.75) is 0 Å². The van der Waals surface area contributed by atoms with Crippen LogP contribution in [0, 0.1) is 0 Å². The third-order valence-electron chi connectivity index (χ3n) is 11.4. The molecule has 0 radical (unpaired) electrons. The first-order chi connectivity index (χ1) is 27.8. The zero-order valence-electron chi connectivity index (χ0n) is 30.2. The number of hydrogen-bond donors (Lipinski definition) is 0. The first kappa shape index (κ1) is 31.2. The third kappa shape index (κ3) is 4.63. The van der Waals surface area contributed by atoms with Crippen molar-refractivity contribution in [3.63, 3.8) is 0 Å². The predicted octanol–water partition coefficient (Wildman–Crippen LogP) is 15.3. The summed E-state index contributed by atoms with van der Waals surface area (Å²) in [6.45, 7) is 0. The van der Waals surface area contributed by atoms with Crippen LogP contribution in [0.4, 0.5) is 17.1 Å². The number of anilines is 3. The summed E-state index contributed by atoms with van der Waals surface area (Å²) in [7, 11) is 0. The molecule has 3 nitrogen and oxygen atoms in total. The highest BCUT2D eigenvalue weighted by Gasteiger charge is 2.24. The van der Waals surface area contributed by atoms with Crippen LogP contribution < -0.4 is 4.90 Å². The average Bonchev–Trinajstić information content (AvgIpc) is 3.93. The number of hydrogen-bond acceptors (Lipinski definition) is 3. The summed E-state index contributed by atoms with van der Waals surface area (Å²) in [4.78, 5) is 2.41. The Labute approximate surface area is 326 Å². The Balaban J connectivity index is 1.19. The lowest BCUT2D eigenvalue weighted by molar-refractivity contribution is 0.669. The van der Waals surface area contributed by atoms with Gasteiger partial charge in [0.05, 0.1) is 16.7 Å². The van der Waals surface area contributed by atoms with Crippen molar-refractivity contribution in [1.82, 2.24) is 4.57 Å². The molecule has 3 aromatic heterocycles. The van der Waals surface area contributed by atoms with Crippen LogP contribution >= 0.6 is 11.3 Å². The lowest BCUT2D eigenvalue weighted by Crippen LogP contribution is -2.11. The quantitative estimate of drug-likeness (QED) is 0.176. The van der Waals surface area contributed by atoms with Crippen molar-refractivity contribution in [3.05, 3.63) is 194 Å². The molecular formula is C52H32N2OS. The summed E-state index contributed by atoms with van der Waals surface area (Å²) in [5.74, 6) is 0. The van der Waals surface area contributed by atoms with E-state index in [1.54, 1.807) is 0 Å². The van der Waals surface area contributed by atoms with Gasteiger partial charge in [-0.3, -0.25) is 0 Å². The Kier molecular flexibility index (Phi) is 6.80. The van der Waals surface area contributed by atoms with Gasteiger partial charge < -0.3 is 13.9 Å². The van der Waals surface area contributed by atoms with Crippen LogP contribution in [0.3, 0.4) is 0 Å². The molecule has 0 aliphatic heterocycles. The zero-order valence-corrected chi connectivity index (χ0v) is 31.0. The van der Waals surface area contributed by atoms with Gasteiger partial charge in [-0.2, -0.15) is 0 Å². The number of furan rings is 1. The number of thiophene rings is 1. The lowest BCUT2D eigenvalue weighted by atomic mass is 9.97. The molecule has 12 rings (SSSR count). The van der Waals surface area contributed by atoms with Gasteiger partial charge in [-0.25, -0.2) is 0 Å². The molecule has 0 bridgehead atoms. The van der Waals surface area contributed by atoms with Crippen molar-refractivity contribution in [2.24, 2.45) is 0 Å². The van der Waals surface area contributed by atoms with Gasteiger partial charge in [-0.1, -0.05) is 121 Å². The molecule has 4 heteroatoms. The van der Waals surface area contributed by atoms with Gasteiger partial charge in [0, 0.05) is 76.0 Å². The maximum absolute atomic E-state index is 6.62. The first-order valence-electron chi connectivity index (χ1n) is 19.0. The summed E-state index contributed by atoms with van der Waals surface area (Å²) in [6, 6.07) is 70.2. The van der Waals surface area contributed by atoms with Crippen molar-refractivity contribution >= 4 is 103 Å². The van der Waals surface area contributed by atoms with Crippen molar-refractivity contribution < 1.29 is 4.42 Å². The largest absolute Gasteiger partial charge is 0.456 e. The van der Waals surface area contributed by atoms with E-state index in [1.807, 2.05) is 11.3 Å². The zero-order chi connectivity index (χ0) is 36.7. The van der Waals surface area contributed by atoms with E-state index in [0.717, 1.165) is 55.7 Å². The molecule has 0 saturated heterocycles. The van der Waals surface area contributed by atoms with Crippen molar-refractivity contribution in [3.8, 4) is 16.8 Å². The molecule has 0 fully saturated rings. The van der Waals surface area contributed by atoms with Gasteiger partial charge in [0.1, 0.15) is 11.2 Å². The van der Waals surface area contributed by atoms with Crippen LogP contribution in [-0.2, 0) is 0 Å². The third-order valence-corrected chi connectivity index (χ3v) is 12.6. The number of fused-ring (bicyclic) bond motifs is 11. The van der Waals surface area contributed by atoms with Crippen molar-refractivity contribution in [2.75, 3.05) is 4.90 Å². The fraction of sp³-hybridized carbons (Fsp3) is 0. The summed E-state index contributed by atoms with van der Waals surface area (Å²) in [6.07, 6.45) is 0. The van der Waals surface area contributed by atoms with E-state index < -0.39 is 0 Å². The molecule has 12 aromatic rings. The molecule has 0 spiro atoms. The average molecular weight is 733 g/mol. The van der Waals surface area contributed by atoms with Crippen molar-refractivity contribution in [1.29, 1.82) is 0 Å². The van der Waals surface area contributed by atoms with Gasteiger partial charge in [-0.15, -0.1) is 11.3 Å². The summed E-state index contributed by atoms with van der Waals surface area (Å²) in [5, 5.41) is 9.71. The van der Waals surface area contributed by atoms with Crippen LogP contribution in [0.25, 0.3) is 91.5 Å². The second-order valence-corrected chi connectivity index (χ2v) is 15.5. The van der Waals surface area contributed by atoms with Gasteiger partial charge in [0.15, 0.2) is 0 Å². The molecular weight excluding hydrogens is 701 g/mol. The monoisotopic (exact) mass is 732 g/mol. The fourth-order valence-electron chi connectivity index (χ4n) is 8.90. The second-order valence-electron chi connectivity index (χ2n) is 14.5. The predicted molar refractivity (Wildman–Crippen MR) is 239 cm³/mol. The van der Waals surface area contributed by atoms with E-state index in [2.05, 4.69) is 204 Å². The molecule has 56 heavy (non-hydrogen) atoms. The van der Waals surface area contributed by atoms with E-state index in [9.17, 15) is 0 Å². The highest BCUT2D eigenvalue weighted by atomic mass is 32.1. The molecule has 262 valence electrons. The first-order valence-corrected chi connectivity index (χ1v) is 19.8. The van der Waals surface area contributed by atoms with E-state index in [-0.39, 0.29) is 0 Å². The lowest BCUT2D eigenvalue weighted by Gasteiger charge is -2.28.